The lowest BCUT2D eigenvalue weighted by Crippen LogP contribution is -2.11. The summed E-state index contributed by atoms with van der Waals surface area (Å²) >= 11 is 0. The highest BCUT2D eigenvalue weighted by molar-refractivity contribution is 6.14. The van der Waals surface area contributed by atoms with Crippen LogP contribution in [0.1, 0.15) is 21.6 Å². The maximum absolute atomic E-state index is 11.1. The van der Waals surface area contributed by atoms with Gasteiger partial charge in [-0.3, -0.25) is 0 Å². The summed E-state index contributed by atoms with van der Waals surface area (Å²) < 4.78 is 0. The molecule has 0 atom stereocenters. The average molecular weight is 329 g/mol. The van der Waals surface area contributed by atoms with Gasteiger partial charge in [-0.25, -0.2) is 20.8 Å². The number of pyridine rings is 1. The summed E-state index contributed by atoms with van der Waals surface area (Å²) in [6.45, 7) is 0. The van der Waals surface area contributed by atoms with Gasteiger partial charge in [-0.15, -0.1) is 10.2 Å². The van der Waals surface area contributed by atoms with Crippen LogP contribution in [0, 0.1) is 11.1 Å². The molecule has 1 aromatic carbocycles. The van der Waals surface area contributed by atoms with Crippen LogP contribution in [0.5, 0.6) is 5.75 Å². The van der Waals surface area contributed by atoms with Gasteiger partial charge in [-0.2, -0.15) is 10.2 Å². The van der Waals surface area contributed by atoms with Crippen molar-refractivity contribution in [2.45, 2.75) is 0 Å². The molecule has 0 radical (unpaired) electrons. The Morgan fingerprint density at radius 2 is 1.58 bits per heavy atom. The fraction of sp³-hybridized carbons (Fsp3) is 0. The number of fused-ring (bicyclic) bond motifs is 1. The van der Waals surface area contributed by atoms with Gasteiger partial charge < -0.3 is 21.9 Å². The van der Waals surface area contributed by atoms with Gasteiger partial charge in [0.15, 0.2) is 5.69 Å². The van der Waals surface area contributed by atoms with E-state index in [-0.39, 0.29) is 45.1 Å². The zero-order chi connectivity index (χ0) is 17.9. The highest BCUT2D eigenvalue weighted by Gasteiger charge is 2.19. The Bertz CT molecular complexity index is 920. The molecule has 1 heterocycles. The van der Waals surface area contributed by atoms with Crippen LogP contribution < -0.4 is 11.7 Å². The number of hydrogen-bond donors (Lipinski definition) is 6. The molecule has 0 fully saturated rings. The van der Waals surface area contributed by atoms with E-state index in [0.717, 1.165) is 6.07 Å². The third-order valence-corrected chi connectivity index (χ3v) is 3.08. The van der Waals surface area contributed by atoms with E-state index < -0.39 is 5.97 Å². The Hall–Kier alpha value is -3.96. The highest BCUT2D eigenvalue weighted by Crippen LogP contribution is 2.28. The number of hydrazone groups is 2. The Morgan fingerprint density at radius 1 is 1.04 bits per heavy atom. The lowest BCUT2D eigenvalue weighted by molar-refractivity contribution is 0.0690. The zero-order valence-corrected chi connectivity index (χ0v) is 11.9. The molecule has 0 bridgehead atoms. The molecule has 8 N–H and O–H groups in total. The first kappa shape index (κ1) is 16.4. The summed E-state index contributed by atoms with van der Waals surface area (Å²) in [6.07, 6.45) is 0. The number of aromatic carboxylic acids is 1. The quantitative estimate of drug-likeness (QED) is 0.158. The minimum atomic E-state index is -1.33. The molecular weight excluding hydrogens is 318 g/mol. The zero-order valence-electron chi connectivity index (χ0n) is 11.9. The van der Waals surface area contributed by atoms with Gasteiger partial charge in [0.2, 0.25) is 11.7 Å². The number of amidine groups is 2. The van der Waals surface area contributed by atoms with Gasteiger partial charge in [-0.05, 0) is 12.1 Å². The smallest absolute Gasteiger partial charge is 0.354 e. The van der Waals surface area contributed by atoms with E-state index in [4.69, 9.17) is 27.9 Å². The van der Waals surface area contributed by atoms with Gasteiger partial charge in [0.1, 0.15) is 5.75 Å². The van der Waals surface area contributed by atoms with Gasteiger partial charge in [0, 0.05) is 22.6 Å². The summed E-state index contributed by atoms with van der Waals surface area (Å²) in [4.78, 5) is 14.9. The monoisotopic (exact) mass is 329 g/mol. The van der Waals surface area contributed by atoms with Crippen LogP contribution in [0.15, 0.2) is 38.6 Å². The first-order valence-electron chi connectivity index (χ1n) is 6.19. The van der Waals surface area contributed by atoms with Crippen LogP contribution in [0.2, 0.25) is 0 Å². The molecule has 0 aliphatic carbocycles. The maximum atomic E-state index is 11.1. The second-order valence-corrected chi connectivity index (χ2v) is 4.38. The molecule has 0 amide bonds. The Kier molecular flexibility index (Phi) is 4.40. The molecule has 0 spiro atoms. The summed E-state index contributed by atoms with van der Waals surface area (Å²) in [5.74, 6) is 8.18. The van der Waals surface area contributed by atoms with Crippen LogP contribution in [0.25, 0.3) is 10.9 Å². The number of nitrogens with two attached hydrogens (primary N) is 2. The number of aromatic hydroxyl groups is 1. The standard InChI is InChI=1S/C12H11N9O3/c13-18-10(19-14)4-1-6-7(2-5(4)11(20-15)21-16)17-8(12(23)24)3-9(6)22/h1-3,13,15H,14,16H2,(H,17,22)(H,23,24). The van der Waals surface area contributed by atoms with E-state index in [0.29, 0.717) is 0 Å². The highest BCUT2D eigenvalue weighted by atomic mass is 16.4. The summed E-state index contributed by atoms with van der Waals surface area (Å²) in [7, 11) is 0. The fourth-order valence-corrected chi connectivity index (χ4v) is 2.05. The third kappa shape index (κ3) is 2.70. The van der Waals surface area contributed by atoms with Gasteiger partial charge in [0.25, 0.3) is 0 Å². The summed E-state index contributed by atoms with van der Waals surface area (Å²) in [6, 6.07) is 3.58. The lowest BCUT2D eigenvalue weighted by atomic mass is 10.0. The van der Waals surface area contributed by atoms with Gasteiger partial charge in [0.05, 0.1) is 5.52 Å². The number of nitrogens with one attached hydrogen (secondary N) is 2. The molecule has 2 rings (SSSR count). The van der Waals surface area contributed by atoms with E-state index in [9.17, 15) is 9.90 Å². The van der Waals surface area contributed by atoms with Crippen molar-refractivity contribution in [2.24, 2.45) is 32.1 Å². The Labute approximate surface area is 133 Å². The molecule has 0 saturated carbocycles. The molecule has 12 nitrogen and oxygen atoms in total. The normalized spacial score (nSPS) is 12.2. The van der Waals surface area contributed by atoms with Crippen molar-refractivity contribution in [2.75, 3.05) is 0 Å². The molecule has 0 unspecified atom stereocenters. The van der Waals surface area contributed by atoms with Crippen molar-refractivity contribution < 1.29 is 15.0 Å². The van der Waals surface area contributed by atoms with Crippen molar-refractivity contribution in [1.29, 1.82) is 11.1 Å². The molecule has 1 aromatic heterocycles. The molecule has 122 valence electrons. The number of hydrogen-bond acceptors (Lipinski definition) is 9. The van der Waals surface area contributed by atoms with Crippen LogP contribution in [-0.4, -0.2) is 32.8 Å². The molecule has 0 aliphatic rings. The molecule has 24 heavy (non-hydrogen) atoms. The Balaban J connectivity index is 2.94. The molecular formula is C12H11N9O3. The van der Waals surface area contributed by atoms with Crippen molar-refractivity contribution in [3.63, 3.8) is 0 Å². The first-order chi connectivity index (χ1) is 11.5. The number of benzene rings is 1. The minimum Gasteiger partial charge on any atom is -0.507 e. The van der Waals surface area contributed by atoms with Gasteiger partial charge >= 0.3 is 5.97 Å². The van der Waals surface area contributed by atoms with E-state index in [1.54, 1.807) is 0 Å². The largest absolute Gasteiger partial charge is 0.507 e. The number of carbonyl (C=O) groups is 1. The molecule has 0 saturated heterocycles. The third-order valence-electron chi connectivity index (χ3n) is 3.08. The van der Waals surface area contributed by atoms with Crippen LogP contribution in [0.4, 0.5) is 0 Å². The van der Waals surface area contributed by atoms with E-state index in [1.165, 1.54) is 12.1 Å². The summed E-state index contributed by atoms with van der Waals surface area (Å²) in [5.41, 5.74) is 14.1. The van der Waals surface area contributed by atoms with Crippen molar-refractivity contribution in [3.8, 4) is 5.75 Å². The van der Waals surface area contributed by atoms with Gasteiger partial charge in [-0.1, -0.05) is 0 Å². The number of aromatic nitrogens is 1. The number of carboxylic acid groups (broad SMARTS) is 1. The van der Waals surface area contributed by atoms with E-state index in [1.807, 2.05) is 0 Å². The topological polar surface area (TPSA) is 220 Å². The van der Waals surface area contributed by atoms with Crippen molar-refractivity contribution >= 4 is 28.5 Å². The molecule has 12 heteroatoms. The predicted molar refractivity (Wildman–Crippen MR) is 82.1 cm³/mol. The second kappa shape index (κ2) is 6.43. The lowest BCUT2D eigenvalue weighted by Gasteiger charge is -2.10. The van der Waals surface area contributed by atoms with Crippen molar-refractivity contribution in [1.82, 2.24) is 4.98 Å². The fourth-order valence-electron chi connectivity index (χ4n) is 2.05. The summed E-state index contributed by atoms with van der Waals surface area (Å²) in [5, 5.41) is 32.2. The SMILES string of the molecule is N=NC(=NN)c1cc2nc(C(=O)O)cc(O)c2cc1C(N=N)=NN. The Morgan fingerprint density at radius 3 is 2.04 bits per heavy atom. The minimum absolute atomic E-state index is 0.0808. The van der Waals surface area contributed by atoms with Crippen molar-refractivity contribution in [3.05, 3.63) is 35.0 Å². The maximum Gasteiger partial charge on any atom is 0.354 e. The number of nitrogens with zero attached hydrogens (tertiary/aromatic N) is 5. The molecule has 2 aromatic rings. The van der Waals surface area contributed by atoms with E-state index in [2.05, 4.69) is 25.4 Å². The van der Waals surface area contributed by atoms with Crippen LogP contribution in [0.3, 0.4) is 0 Å². The van der Waals surface area contributed by atoms with Crippen LogP contribution in [-0.2, 0) is 0 Å². The number of rotatable bonds is 3. The first-order valence-corrected chi connectivity index (χ1v) is 6.19. The molecule has 0 aliphatic heterocycles. The van der Waals surface area contributed by atoms with Crippen LogP contribution >= 0.6 is 0 Å². The average Bonchev–Trinajstić information content (AvgIpc) is 2.57. The predicted octanol–water partition coefficient (Wildman–Crippen LogP) is 0.941. The van der Waals surface area contributed by atoms with E-state index >= 15 is 0 Å². The second-order valence-electron chi connectivity index (χ2n) is 4.38. The number of carboxylic acids is 1.